The van der Waals surface area contributed by atoms with Gasteiger partial charge in [-0.05, 0) is 174 Å². The third kappa shape index (κ3) is 4.75. The topological polar surface area (TPSA) is 16.1 Å². The Morgan fingerprint density at radius 1 is 0.392 bits per heavy atom. The van der Waals surface area contributed by atoms with Crippen molar-refractivity contribution in [1.82, 2.24) is 4.98 Å². The van der Waals surface area contributed by atoms with E-state index in [1.165, 1.54) is 128 Å². The number of aryl methyl sites for hydroxylation is 2. The normalized spacial score (nSPS) is 13.0. The zero-order valence-electron chi connectivity index (χ0n) is 32.5. The zero-order valence-corrected chi connectivity index (χ0v) is 32.5. The standard InChI is InChI=1S/C47H48B2N2/c1-25-13-15-43-39(21-25)48(45-33(9)29(5)27(3)30(6)34(45)10)41-23-38(37-17-19-50-20-18-37)24-42-47(41)51(43)44-16-14-26(2)22-40(44)49(42)46-35(11)31(7)28(4)32(8)36(46)12/h13-24H,1-12H3. The van der Waals surface area contributed by atoms with Crippen LogP contribution in [0, 0.1) is 83.1 Å². The van der Waals surface area contributed by atoms with Gasteiger partial charge in [0.15, 0.2) is 0 Å². The van der Waals surface area contributed by atoms with E-state index in [0.717, 1.165) is 0 Å². The van der Waals surface area contributed by atoms with Crippen molar-refractivity contribution in [2.75, 3.05) is 4.90 Å². The van der Waals surface area contributed by atoms with E-state index in [1.54, 1.807) is 0 Å². The van der Waals surface area contributed by atoms with Crippen molar-refractivity contribution >= 4 is 63.3 Å². The quantitative estimate of drug-likeness (QED) is 0.182. The number of hydrogen-bond donors (Lipinski definition) is 0. The first kappa shape index (κ1) is 33.3. The molecule has 0 atom stereocenters. The highest BCUT2D eigenvalue weighted by Gasteiger charge is 2.45. The molecule has 2 aliphatic rings. The lowest BCUT2D eigenvalue weighted by atomic mass is 9.29. The first-order chi connectivity index (χ1) is 24.3. The molecule has 0 bridgehead atoms. The van der Waals surface area contributed by atoms with Crippen LogP contribution in [-0.4, -0.2) is 18.4 Å². The Labute approximate surface area is 306 Å². The minimum atomic E-state index is 0.0843. The number of fused-ring (bicyclic) bond motifs is 4. The summed E-state index contributed by atoms with van der Waals surface area (Å²) in [6, 6.07) is 23.7. The molecule has 0 saturated heterocycles. The molecule has 1 aromatic heterocycles. The Kier molecular flexibility index (Phi) is 7.76. The average Bonchev–Trinajstić information content (AvgIpc) is 3.13. The van der Waals surface area contributed by atoms with Gasteiger partial charge in [0.25, 0.3) is 0 Å². The first-order valence-electron chi connectivity index (χ1n) is 18.5. The molecule has 8 rings (SSSR count). The summed E-state index contributed by atoms with van der Waals surface area (Å²) >= 11 is 0. The first-order valence-corrected chi connectivity index (χ1v) is 18.5. The summed E-state index contributed by atoms with van der Waals surface area (Å²) in [5.41, 5.74) is 31.5. The Balaban J connectivity index is 1.59. The van der Waals surface area contributed by atoms with Gasteiger partial charge in [-0.15, -0.1) is 0 Å². The van der Waals surface area contributed by atoms with Gasteiger partial charge in [-0.2, -0.15) is 0 Å². The van der Waals surface area contributed by atoms with Crippen LogP contribution in [0.3, 0.4) is 0 Å². The van der Waals surface area contributed by atoms with Crippen LogP contribution in [-0.2, 0) is 0 Å². The fraction of sp³-hybridized carbons (Fsp3) is 0.255. The van der Waals surface area contributed by atoms with E-state index in [0.29, 0.717) is 0 Å². The van der Waals surface area contributed by atoms with Crippen LogP contribution in [0.4, 0.5) is 17.1 Å². The van der Waals surface area contributed by atoms with E-state index in [4.69, 9.17) is 0 Å². The van der Waals surface area contributed by atoms with Gasteiger partial charge >= 0.3 is 0 Å². The van der Waals surface area contributed by atoms with Gasteiger partial charge in [0.05, 0.1) is 0 Å². The van der Waals surface area contributed by atoms with Gasteiger partial charge < -0.3 is 4.90 Å². The van der Waals surface area contributed by atoms with E-state index >= 15 is 0 Å². The van der Waals surface area contributed by atoms with E-state index in [1.807, 2.05) is 12.4 Å². The molecule has 2 nitrogen and oxygen atoms in total. The largest absolute Gasteiger partial charge is 0.313 e. The van der Waals surface area contributed by atoms with Gasteiger partial charge in [-0.3, -0.25) is 4.98 Å². The molecule has 0 radical (unpaired) electrons. The molecule has 0 amide bonds. The molecule has 51 heavy (non-hydrogen) atoms. The van der Waals surface area contributed by atoms with Gasteiger partial charge in [0, 0.05) is 29.5 Å². The number of nitrogens with zero attached hydrogens (tertiary/aromatic N) is 2. The van der Waals surface area contributed by atoms with Crippen molar-refractivity contribution in [3.8, 4) is 11.1 Å². The molecule has 0 N–H and O–H groups in total. The van der Waals surface area contributed by atoms with Gasteiger partial charge in [-0.25, -0.2) is 0 Å². The van der Waals surface area contributed by atoms with Crippen LogP contribution < -0.4 is 37.7 Å². The molecule has 0 saturated carbocycles. The highest BCUT2D eigenvalue weighted by molar-refractivity contribution is 7.02. The molecule has 3 heterocycles. The zero-order chi connectivity index (χ0) is 36.2. The van der Waals surface area contributed by atoms with Crippen molar-refractivity contribution in [3.63, 3.8) is 0 Å². The van der Waals surface area contributed by atoms with Crippen LogP contribution in [0.5, 0.6) is 0 Å². The average molecular weight is 663 g/mol. The van der Waals surface area contributed by atoms with Crippen LogP contribution in [0.15, 0.2) is 73.1 Å². The van der Waals surface area contributed by atoms with Gasteiger partial charge in [0.2, 0.25) is 13.4 Å². The highest BCUT2D eigenvalue weighted by atomic mass is 15.2. The van der Waals surface area contributed by atoms with E-state index in [2.05, 4.69) is 154 Å². The van der Waals surface area contributed by atoms with Crippen molar-refractivity contribution in [2.24, 2.45) is 0 Å². The summed E-state index contributed by atoms with van der Waals surface area (Å²) in [6.07, 6.45) is 3.86. The van der Waals surface area contributed by atoms with Crippen molar-refractivity contribution < 1.29 is 0 Å². The lowest BCUT2D eigenvalue weighted by molar-refractivity contribution is 1.19. The summed E-state index contributed by atoms with van der Waals surface area (Å²) in [6.45, 7) is 27.9. The molecular weight excluding hydrogens is 614 g/mol. The number of anilines is 3. The highest BCUT2D eigenvalue weighted by Crippen LogP contribution is 2.40. The summed E-state index contributed by atoms with van der Waals surface area (Å²) in [5.74, 6) is 0. The second-order valence-corrected chi connectivity index (χ2v) is 15.6. The maximum atomic E-state index is 4.42. The molecular formula is C47H48B2N2. The smallest absolute Gasteiger partial charge is 0.247 e. The predicted molar refractivity (Wildman–Crippen MR) is 223 cm³/mol. The second-order valence-electron chi connectivity index (χ2n) is 15.6. The Morgan fingerprint density at radius 2 is 0.765 bits per heavy atom. The van der Waals surface area contributed by atoms with Crippen LogP contribution in [0.25, 0.3) is 11.1 Å². The molecule has 5 aromatic carbocycles. The third-order valence-corrected chi connectivity index (χ3v) is 13.2. The number of pyridine rings is 1. The van der Waals surface area contributed by atoms with Crippen LogP contribution in [0.1, 0.15) is 66.8 Å². The maximum Gasteiger partial charge on any atom is 0.247 e. The summed E-state index contributed by atoms with van der Waals surface area (Å²) in [4.78, 5) is 7.04. The number of hydrogen-bond acceptors (Lipinski definition) is 2. The van der Waals surface area contributed by atoms with Crippen LogP contribution >= 0.6 is 0 Å². The van der Waals surface area contributed by atoms with E-state index in [-0.39, 0.29) is 13.4 Å². The summed E-state index contributed by atoms with van der Waals surface area (Å²) in [7, 11) is 0. The number of aromatic nitrogens is 1. The molecule has 0 spiro atoms. The summed E-state index contributed by atoms with van der Waals surface area (Å²) < 4.78 is 0. The van der Waals surface area contributed by atoms with Crippen molar-refractivity contribution in [2.45, 2.75) is 83.1 Å². The monoisotopic (exact) mass is 662 g/mol. The fourth-order valence-corrected chi connectivity index (χ4v) is 9.56. The second kappa shape index (κ2) is 11.9. The Bertz CT molecular complexity index is 2250. The molecule has 4 heteroatoms. The molecule has 0 fully saturated rings. The Hall–Kier alpha value is -4.82. The van der Waals surface area contributed by atoms with Crippen LogP contribution in [0.2, 0.25) is 0 Å². The third-order valence-electron chi connectivity index (χ3n) is 13.2. The number of rotatable bonds is 3. The number of benzene rings is 5. The predicted octanol–water partition coefficient (Wildman–Crippen LogP) is 7.58. The molecule has 0 unspecified atom stereocenters. The Morgan fingerprint density at radius 3 is 1.16 bits per heavy atom. The molecule has 0 aliphatic carbocycles. The van der Waals surface area contributed by atoms with Gasteiger partial charge in [-0.1, -0.05) is 80.7 Å². The minimum Gasteiger partial charge on any atom is -0.313 e. The van der Waals surface area contributed by atoms with Crippen molar-refractivity contribution in [1.29, 1.82) is 0 Å². The van der Waals surface area contributed by atoms with E-state index in [9.17, 15) is 0 Å². The van der Waals surface area contributed by atoms with Gasteiger partial charge in [0.1, 0.15) is 0 Å². The molecule has 2 aliphatic heterocycles. The lowest BCUT2D eigenvalue weighted by Crippen LogP contribution is -2.66. The minimum absolute atomic E-state index is 0.0843. The summed E-state index contributed by atoms with van der Waals surface area (Å²) in [5, 5.41) is 0. The SMILES string of the molecule is Cc1ccc2c(c1)B(c1c(C)c(C)c(C)c(C)c1C)c1cc(-c3ccncc3)cc3c1N2c1ccc(C)cc1B3c1c(C)c(C)c(C)c(C)c1C. The maximum absolute atomic E-state index is 4.42. The van der Waals surface area contributed by atoms with E-state index < -0.39 is 0 Å². The molecule has 252 valence electrons. The fourth-order valence-electron chi connectivity index (χ4n) is 9.56. The lowest BCUT2D eigenvalue weighted by Gasteiger charge is -2.45. The van der Waals surface area contributed by atoms with Crippen molar-refractivity contribution in [3.05, 3.63) is 140 Å². The molecule has 6 aromatic rings.